The van der Waals surface area contributed by atoms with Crippen LogP contribution >= 0.6 is 0 Å². The number of ether oxygens (including phenoxy) is 3. The predicted molar refractivity (Wildman–Crippen MR) is 83.7 cm³/mol. The van der Waals surface area contributed by atoms with Crippen LogP contribution in [0, 0.1) is 5.92 Å². The SMILES string of the molecule is CNC(C)c1ccc(OC)c(COCC2CCOCC2)c1. The van der Waals surface area contributed by atoms with Gasteiger partial charge in [-0.05, 0) is 50.4 Å². The second kappa shape index (κ2) is 8.37. The normalized spacial score (nSPS) is 17.7. The number of hydrogen-bond donors (Lipinski definition) is 1. The lowest BCUT2D eigenvalue weighted by molar-refractivity contribution is 0.0153. The monoisotopic (exact) mass is 293 g/mol. The van der Waals surface area contributed by atoms with Crippen molar-refractivity contribution in [2.75, 3.05) is 34.0 Å². The number of benzene rings is 1. The van der Waals surface area contributed by atoms with E-state index in [1.807, 2.05) is 13.1 Å². The summed E-state index contributed by atoms with van der Waals surface area (Å²) < 4.78 is 16.7. The van der Waals surface area contributed by atoms with Gasteiger partial charge in [-0.3, -0.25) is 0 Å². The standard InChI is InChI=1S/C17H27NO3/c1-13(18-2)15-4-5-17(19-3)16(10-15)12-21-11-14-6-8-20-9-7-14/h4-5,10,13-14,18H,6-9,11-12H2,1-3H3. The average Bonchev–Trinajstić information content (AvgIpc) is 2.55. The summed E-state index contributed by atoms with van der Waals surface area (Å²) >= 11 is 0. The van der Waals surface area contributed by atoms with E-state index in [-0.39, 0.29) is 0 Å². The highest BCUT2D eigenvalue weighted by atomic mass is 16.5. The molecule has 1 heterocycles. The van der Waals surface area contributed by atoms with Crippen molar-refractivity contribution in [3.63, 3.8) is 0 Å². The lowest BCUT2D eigenvalue weighted by Crippen LogP contribution is -2.20. The smallest absolute Gasteiger partial charge is 0.124 e. The van der Waals surface area contributed by atoms with Gasteiger partial charge in [0.1, 0.15) is 5.75 Å². The molecule has 1 atom stereocenters. The molecule has 1 saturated heterocycles. The summed E-state index contributed by atoms with van der Waals surface area (Å²) in [6.45, 7) is 5.29. The van der Waals surface area contributed by atoms with Gasteiger partial charge in [0, 0.05) is 24.8 Å². The summed E-state index contributed by atoms with van der Waals surface area (Å²) in [6, 6.07) is 6.62. The largest absolute Gasteiger partial charge is 0.496 e. The molecule has 0 aliphatic carbocycles. The van der Waals surface area contributed by atoms with Gasteiger partial charge in [0.05, 0.1) is 20.3 Å². The van der Waals surface area contributed by atoms with Gasteiger partial charge in [0.25, 0.3) is 0 Å². The summed E-state index contributed by atoms with van der Waals surface area (Å²) in [5.41, 5.74) is 2.37. The Bertz CT molecular complexity index is 430. The van der Waals surface area contributed by atoms with Gasteiger partial charge in [-0.15, -0.1) is 0 Å². The molecule has 118 valence electrons. The van der Waals surface area contributed by atoms with E-state index >= 15 is 0 Å². The Kier molecular flexibility index (Phi) is 6.49. The molecule has 2 rings (SSSR count). The fraction of sp³-hybridized carbons (Fsp3) is 0.647. The van der Waals surface area contributed by atoms with Gasteiger partial charge in [0.2, 0.25) is 0 Å². The number of nitrogens with one attached hydrogen (secondary N) is 1. The molecular weight excluding hydrogens is 266 g/mol. The first-order chi connectivity index (χ1) is 10.2. The van der Waals surface area contributed by atoms with Gasteiger partial charge in [0.15, 0.2) is 0 Å². The molecule has 1 N–H and O–H groups in total. The molecule has 1 aromatic rings. The molecule has 0 bridgehead atoms. The Morgan fingerprint density at radius 3 is 2.76 bits per heavy atom. The third-order valence-corrected chi connectivity index (χ3v) is 4.19. The molecule has 0 radical (unpaired) electrons. The number of methoxy groups -OCH3 is 1. The van der Waals surface area contributed by atoms with Crippen molar-refractivity contribution < 1.29 is 14.2 Å². The zero-order valence-corrected chi connectivity index (χ0v) is 13.4. The highest BCUT2D eigenvalue weighted by Crippen LogP contribution is 2.24. The van der Waals surface area contributed by atoms with E-state index in [2.05, 4.69) is 24.4 Å². The Morgan fingerprint density at radius 1 is 1.33 bits per heavy atom. The molecule has 0 spiro atoms. The zero-order chi connectivity index (χ0) is 15.1. The minimum atomic E-state index is 0.324. The van der Waals surface area contributed by atoms with Gasteiger partial charge in [-0.25, -0.2) is 0 Å². The molecule has 1 unspecified atom stereocenters. The molecule has 21 heavy (non-hydrogen) atoms. The minimum absolute atomic E-state index is 0.324. The molecule has 1 aliphatic rings. The maximum Gasteiger partial charge on any atom is 0.124 e. The second-order valence-electron chi connectivity index (χ2n) is 5.65. The van der Waals surface area contributed by atoms with Crippen LogP contribution in [0.5, 0.6) is 5.75 Å². The fourth-order valence-electron chi connectivity index (χ4n) is 2.60. The summed E-state index contributed by atoms with van der Waals surface area (Å²) in [6.07, 6.45) is 2.21. The van der Waals surface area contributed by atoms with E-state index in [0.29, 0.717) is 18.6 Å². The van der Waals surface area contributed by atoms with Crippen molar-refractivity contribution >= 4 is 0 Å². The third-order valence-electron chi connectivity index (χ3n) is 4.19. The van der Waals surface area contributed by atoms with E-state index in [1.54, 1.807) is 7.11 Å². The lowest BCUT2D eigenvalue weighted by Gasteiger charge is -2.22. The lowest BCUT2D eigenvalue weighted by atomic mass is 10.0. The van der Waals surface area contributed by atoms with Crippen LogP contribution in [0.4, 0.5) is 0 Å². The van der Waals surface area contributed by atoms with Crippen molar-refractivity contribution in [2.45, 2.75) is 32.4 Å². The second-order valence-corrected chi connectivity index (χ2v) is 5.65. The average molecular weight is 293 g/mol. The first-order valence-electron chi connectivity index (χ1n) is 7.74. The van der Waals surface area contributed by atoms with Crippen LogP contribution in [-0.2, 0) is 16.1 Å². The zero-order valence-electron chi connectivity index (χ0n) is 13.4. The Morgan fingerprint density at radius 2 is 2.10 bits per heavy atom. The Balaban J connectivity index is 1.93. The first kappa shape index (κ1) is 16.3. The van der Waals surface area contributed by atoms with Crippen molar-refractivity contribution in [1.29, 1.82) is 0 Å². The Hall–Kier alpha value is -1.10. The van der Waals surface area contributed by atoms with E-state index in [0.717, 1.165) is 44.0 Å². The van der Waals surface area contributed by atoms with Crippen LogP contribution in [0.2, 0.25) is 0 Å². The highest BCUT2D eigenvalue weighted by molar-refractivity contribution is 5.38. The molecule has 1 fully saturated rings. The summed E-state index contributed by atoms with van der Waals surface area (Å²) in [5.74, 6) is 1.53. The van der Waals surface area contributed by atoms with Gasteiger partial charge in [-0.2, -0.15) is 0 Å². The molecule has 0 saturated carbocycles. The first-order valence-corrected chi connectivity index (χ1v) is 7.74. The summed E-state index contributed by atoms with van der Waals surface area (Å²) in [7, 11) is 3.68. The molecule has 0 amide bonds. The van der Waals surface area contributed by atoms with E-state index < -0.39 is 0 Å². The molecule has 4 heteroatoms. The van der Waals surface area contributed by atoms with Crippen LogP contribution in [-0.4, -0.2) is 34.0 Å². The van der Waals surface area contributed by atoms with Crippen molar-refractivity contribution in [3.8, 4) is 5.75 Å². The Labute approximate surface area is 127 Å². The van der Waals surface area contributed by atoms with Crippen molar-refractivity contribution in [1.82, 2.24) is 5.32 Å². The van der Waals surface area contributed by atoms with E-state index in [4.69, 9.17) is 14.2 Å². The van der Waals surface area contributed by atoms with Crippen LogP contribution in [0.25, 0.3) is 0 Å². The highest BCUT2D eigenvalue weighted by Gasteiger charge is 2.14. The maximum absolute atomic E-state index is 5.91. The number of hydrogen-bond acceptors (Lipinski definition) is 4. The van der Waals surface area contributed by atoms with Crippen LogP contribution in [0.15, 0.2) is 18.2 Å². The van der Waals surface area contributed by atoms with E-state index in [1.165, 1.54) is 5.56 Å². The van der Waals surface area contributed by atoms with E-state index in [9.17, 15) is 0 Å². The summed E-state index contributed by atoms with van der Waals surface area (Å²) in [5, 5.41) is 3.26. The fourth-order valence-corrected chi connectivity index (χ4v) is 2.60. The maximum atomic E-state index is 5.91. The quantitative estimate of drug-likeness (QED) is 0.839. The predicted octanol–water partition coefficient (Wildman–Crippen LogP) is 2.92. The third kappa shape index (κ3) is 4.70. The van der Waals surface area contributed by atoms with Crippen molar-refractivity contribution in [3.05, 3.63) is 29.3 Å². The topological polar surface area (TPSA) is 39.7 Å². The molecule has 0 aromatic heterocycles. The minimum Gasteiger partial charge on any atom is -0.496 e. The molecule has 1 aromatic carbocycles. The van der Waals surface area contributed by atoms with Gasteiger partial charge < -0.3 is 19.5 Å². The molecular formula is C17H27NO3. The van der Waals surface area contributed by atoms with Gasteiger partial charge in [-0.1, -0.05) is 6.07 Å². The number of rotatable bonds is 7. The van der Waals surface area contributed by atoms with Crippen LogP contribution < -0.4 is 10.1 Å². The van der Waals surface area contributed by atoms with Crippen molar-refractivity contribution in [2.24, 2.45) is 5.92 Å². The van der Waals surface area contributed by atoms with Crippen LogP contribution in [0.1, 0.15) is 36.9 Å². The van der Waals surface area contributed by atoms with Gasteiger partial charge >= 0.3 is 0 Å². The molecule has 1 aliphatic heterocycles. The molecule has 4 nitrogen and oxygen atoms in total. The van der Waals surface area contributed by atoms with Crippen LogP contribution in [0.3, 0.4) is 0 Å². The summed E-state index contributed by atoms with van der Waals surface area (Å²) in [4.78, 5) is 0.